The predicted octanol–water partition coefficient (Wildman–Crippen LogP) is 1.67. The first-order chi connectivity index (χ1) is 8.78. The van der Waals surface area contributed by atoms with Crippen molar-refractivity contribution >= 4 is 0 Å². The van der Waals surface area contributed by atoms with Crippen LogP contribution in [0.2, 0.25) is 0 Å². The first-order valence-electron chi connectivity index (χ1n) is 7.94. The summed E-state index contributed by atoms with van der Waals surface area (Å²) in [6.07, 6.45) is 9.76. The molecule has 18 heavy (non-hydrogen) atoms. The molecule has 2 bridgehead atoms. The minimum absolute atomic E-state index is 0.878. The van der Waals surface area contributed by atoms with Crippen molar-refractivity contribution < 1.29 is 0 Å². The van der Waals surface area contributed by atoms with Gasteiger partial charge in [-0.1, -0.05) is 0 Å². The normalized spacial score (nSPS) is 39.3. The molecule has 0 spiro atoms. The molecule has 3 aliphatic rings. The minimum atomic E-state index is 0.878. The van der Waals surface area contributed by atoms with Crippen LogP contribution in [0, 0.1) is 5.92 Å². The van der Waals surface area contributed by atoms with E-state index in [1.54, 1.807) is 0 Å². The lowest BCUT2D eigenvalue weighted by Gasteiger charge is -2.44. The Morgan fingerprint density at radius 2 is 1.56 bits per heavy atom. The van der Waals surface area contributed by atoms with Crippen molar-refractivity contribution in [2.75, 3.05) is 26.7 Å². The Morgan fingerprint density at radius 1 is 0.944 bits per heavy atom. The summed E-state index contributed by atoms with van der Waals surface area (Å²) in [5.41, 5.74) is 5.68. The van der Waals surface area contributed by atoms with Crippen LogP contribution in [-0.4, -0.2) is 54.6 Å². The molecule has 0 aromatic carbocycles. The Bertz CT molecular complexity index is 259. The Balaban J connectivity index is 1.52. The molecule has 2 N–H and O–H groups in total. The summed E-state index contributed by atoms with van der Waals surface area (Å²) < 4.78 is 0. The molecule has 3 aliphatic heterocycles. The van der Waals surface area contributed by atoms with Crippen molar-refractivity contribution in [1.29, 1.82) is 0 Å². The lowest BCUT2D eigenvalue weighted by Crippen LogP contribution is -2.51. The van der Waals surface area contributed by atoms with E-state index in [1.807, 2.05) is 0 Å². The van der Waals surface area contributed by atoms with Crippen LogP contribution in [-0.2, 0) is 0 Å². The molecule has 0 saturated carbocycles. The van der Waals surface area contributed by atoms with E-state index in [1.165, 1.54) is 58.0 Å². The molecule has 3 rings (SSSR count). The fourth-order valence-corrected chi connectivity index (χ4v) is 4.52. The van der Waals surface area contributed by atoms with E-state index in [9.17, 15) is 0 Å². The summed E-state index contributed by atoms with van der Waals surface area (Å²) in [5.74, 6) is 0.911. The van der Waals surface area contributed by atoms with Crippen LogP contribution in [0.4, 0.5) is 0 Å². The topological polar surface area (TPSA) is 32.5 Å². The molecule has 0 radical (unpaired) electrons. The molecule has 3 heteroatoms. The van der Waals surface area contributed by atoms with Crippen molar-refractivity contribution in [3.8, 4) is 0 Å². The highest BCUT2D eigenvalue weighted by Gasteiger charge is 2.40. The van der Waals surface area contributed by atoms with Gasteiger partial charge >= 0.3 is 0 Å². The van der Waals surface area contributed by atoms with E-state index in [4.69, 9.17) is 5.73 Å². The number of fused-ring (bicyclic) bond motifs is 2. The zero-order valence-electron chi connectivity index (χ0n) is 11.9. The van der Waals surface area contributed by atoms with Gasteiger partial charge in [-0.3, -0.25) is 0 Å². The lowest BCUT2D eigenvalue weighted by molar-refractivity contribution is 0.0523. The molecule has 2 unspecified atom stereocenters. The number of likely N-dealkylation sites (tertiary alicyclic amines) is 1. The molecular weight excluding hydrogens is 222 g/mol. The third-order valence-corrected chi connectivity index (χ3v) is 5.81. The predicted molar refractivity (Wildman–Crippen MR) is 75.6 cm³/mol. The smallest absolute Gasteiger partial charge is 0.0125 e. The standard InChI is InChI=1S/C15H29N3/c1-17-13-2-3-14(17)11-15(10-13)18-8-5-12(4-7-16)6-9-18/h12-15H,2-11,16H2,1H3. The second-order valence-corrected chi connectivity index (χ2v) is 6.73. The van der Waals surface area contributed by atoms with Crippen LogP contribution in [0.25, 0.3) is 0 Å². The number of rotatable bonds is 3. The minimum Gasteiger partial charge on any atom is -0.330 e. The first-order valence-corrected chi connectivity index (χ1v) is 7.94. The average Bonchev–Trinajstić information content (AvgIpc) is 2.63. The van der Waals surface area contributed by atoms with Gasteiger partial charge in [-0.2, -0.15) is 0 Å². The van der Waals surface area contributed by atoms with Gasteiger partial charge in [0.1, 0.15) is 0 Å². The maximum Gasteiger partial charge on any atom is 0.0125 e. The highest BCUT2D eigenvalue weighted by atomic mass is 15.2. The molecule has 0 aliphatic carbocycles. The second kappa shape index (κ2) is 5.48. The van der Waals surface area contributed by atoms with Crippen molar-refractivity contribution in [2.45, 2.75) is 63.1 Å². The first kappa shape index (κ1) is 12.9. The van der Waals surface area contributed by atoms with E-state index in [-0.39, 0.29) is 0 Å². The van der Waals surface area contributed by atoms with Crippen LogP contribution in [0.3, 0.4) is 0 Å². The van der Waals surface area contributed by atoms with Crippen molar-refractivity contribution in [3.05, 3.63) is 0 Å². The summed E-state index contributed by atoms with van der Waals surface area (Å²) in [6, 6.07) is 2.66. The molecule has 2 atom stereocenters. The highest BCUT2D eigenvalue weighted by Crippen LogP contribution is 2.37. The Labute approximate surface area is 112 Å². The number of piperidine rings is 2. The van der Waals surface area contributed by atoms with Gasteiger partial charge in [-0.05, 0) is 77.5 Å². The molecule has 0 aromatic heterocycles. The van der Waals surface area contributed by atoms with E-state index in [0.717, 1.165) is 30.6 Å². The number of hydrogen-bond donors (Lipinski definition) is 1. The molecule has 3 heterocycles. The van der Waals surface area contributed by atoms with Gasteiger partial charge in [0.05, 0.1) is 0 Å². The summed E-state index contributed by atoms with van der Waals surface area (Å²) in [6.45, 7) is 3.54. The average molecular weight is 251 g/mol. The zero-order valence-corrected chi connectivity index (χ0v) is 11.9. The quantitative estimate of drug-likeness (QED) is 0.828. The third kappa shape index (κ3) is 2.45. The Morgan fingerprint density at radius 3 is 2.11 bits per heavy atom. The van der Waals surface area contributed by atoms with Crippen molar-refractivity contribution in [3.63, 3.8) is 0 Å². The number of hydrogen-bond acceptors (Lipinski definition) is 3. The van der Waals surface area contributed by atoms with Gasteiger partial charge < -0.3 is 15.5 Å². The van der Waals surface area contributed by atoms with Crippen LogP contribution >= 0.6 is 0 Å². The fraction of sp³-hybridized carbons (Fsp3) is 1.00. The maximum absolute atomic E-state index is 5.68. The second-order valence-electron chi connectivity index (χ2n) is 6.73. The van der Waals surface area contributed by atoms with Gasteiger partial charge in [-0.15, -0.1) is 0 Å². The largest absolute Gasteiger partial charge is 0.330 e. The van der Waals surface area contributed by atoms with Gasteiger partial charge in [0.2, 0.25) is 0 Å². The van der Waals surface area contributed by atoms with Crippen LogP contribution < -0.4 is 5.73 Å². The van der Waals surface area contributed by atoms with Gasteiger partial charge in [-0.25, -0.2) is 0 Å². The molecule has 104 valence electrons. The van der Waals surface area contributed by atoms with E-state index < -0.39 is 0 Å². The highest BCUT2D eigenvalue weighted by molar-refractivity contribution is 4.97. The summed E-state index contributed by atoms with van der Waals surface area (Å²) in [7, 11) is 2.34. The molecule has 0 aromatic rings. The van der Waals surface area contributed by atoms with Crippen molar-refractivity contribution in [2.24, 2.45) is 11.7 Å². The maximum atomic E-state index is 5.68. The van der Waals surface area contributed by atoms with Crippen molar-refractivity contribution in [1.82, 2.24) is 9.80 Å². The van der Waals surface area contributed by atoms with E-state index in [0.29, 0.717) is 0 Å². The molecule has 0 amide bonds. The molecule has 3 nitrogen and oxygen atoms in total. The fourth-order valence-electron chi connectivity index (χ4n) is 4.52. The summed E-state index contributed by atoms with van der Waals surface area (Å²) in [5, 5.41) is 0. The zero-order chi connectivity index (χ0) is 12.5. The SMILES string of the molecule is CN1C2CCC1CC(N1CCC(CCN)CC1)C2. The van der Waals surface area contributed by atoms with Crippen LogP contribution in [0.5, 0.6) is 0 Å². The van der Waals surface area contributed by atoms with Crippen LogP contribution in [0.1, 0.15) is 44.9 Å². The van der Waals surface area contributed by atoms with Gasteiger partial charge in [0.25, 0.3) is 0 Å². The molecular formula is C15H29N3. The van der Waals surface area contributed by atoms with E-state index >= 15 is 0 Å². The number of nitrogens with two attached hydrogens (primary N) is 1. The van der Waals surface area contributed by atoms with Gasteiger partial charge in [0.15, 0.2) is 0 Å². The Hall–Kier alpha value is -0.120. The van der Waals surface area contributed by atoms with Gasteiger partial charge in [0, 0.05) is 18.1 Å². The monoisotopic (exact) mass is 251 g/mol. The van der Waals surface area contributed by atoms with E-state index in [2.05, 4.69) is 16.8 Å². The third-order valence-electron chi connectivity index (χ3n) is 5.81. The van der Waals surface area contributed by atoms with Crippen LogP contribution in [0.15, 0.2) is 0 Å². The summed E-state index contributed by atoms with van der Waals surface area (Å²) >= 11 is 0. The number of nitrogens with zero attached hydrogens (tertiary/aromatic N) is 2. The molecule has 3 saturated heterocycles. The summed E-state index contributed by atoms with van der Waals surface area (Å²) in [4.78, 5) is 5.45. The lowest BCUT2D eigenvalue weighted by atomic mass is 9.89. The Kier molecular flexibility index (Phi) is 3.92. The molecule has 3 fully saturated rings.